The second-order valence-electron chi connectivity index (χ2n) is 11.2. The quantitative estimate of drug-likeness (QED) is 0.115. The van der Waals surface area contributed by atoms with Gasteiger partial charge < -0.3 is 20.8 Å². The Balaban J connectivity index is 0.000000804. The van der Waals surface area contributed by atoms with E-state index in [1.165, 1.54) is 6.07 Å². The zero-order valence-electron chi connectivity index (χ0n) is 26.3. The number of aliphatic carboxylic acids is 2. The number of rotatable bonds is 12. The number of nitrogens with one attached hydrogen (secondary N) is 4. The Morgan fingerprint density at radius 2 is 1.62 bits per heavy atom. The number of carbonyl (C=O) groups is 3. The maximum atomic E-state index is 13.8. The number of pyridine rings is 1. The molecule has 17 heteroatoms. The molecule has 2 aromatic carbocycles. The molecule has 0 fully saturated rings. The molecule has 2 heterocycles. The number of hydrogen-bond donors (Lipinski definition) is 6. The third-order valence-corrected chi connectivity index (χ3v) is 8.88. The highest BCUT2D eigenvalue weighted by atomic mass is 32.2. The second-order valence-corrected chi connectivity index (χ2v) is 12.8. The van der Waals surface area contributed by atoms with Crippen LogP contribution in [0.2, 0.25) is 0 Å². The molecule has 0 bridgehead atoms. The Morgan fingerprint density at radius 1 is 0.979 bits per heavy atom. The number of H-pyrrole nitrogens is 1. The van der Waals surface area contributed by atoms with Gasteiger partial charge in [-0.3, -0.25) is 9.89 Å². The number of halogens is 3. The number of fused-ring (bicyclic) bond motifs is 1. The van der Waals surface area contributed by atoms with Gasteiger partial charge >= 0.3 is 18.1 Å². The van der Waals surface area contributed by atoms with Gasteiger partial charge in [-0.25, -0.2) is 23.0 Å². The predicted octanol–water partition coefficient (Wildman–Crippen LogP) is 4.53. The monoisotopic (exact) mass is 692 g/mol. The van der Waals surface area contributed by atoms with Gasteiger partial charge in [0.1, 0.15) is 5.82 Å². The van der Waals surface area contributed by atoms with E-state index in [4.69, 9.17) is 9.90 Å². The minimum absolute atomic E-state index is 0.0211. The van der Waals surface area contributed by atoms with Gasteiger partial charge in [0.25, 0.3) is 5.91 Å². The number of carboxylic acids is 2. The van der Waals surface area contributed by atoms with Crippen molar-refractivity contribution in [1.82, 2.24) is 25.2 Å². The van der Waals surface area contributed by atoms with Gasteiger partial charge in [-0.15, -0.1) is 0 Å². The zero-order chi connectivity index (χ0) is 35.9. The molecule has 0 saturated carbocycles. The summed E-state index contributed by atoms with van der Waals surface area (Å²) in [5.41, 5.74) is 0.342. The lowest BCUT2D eigenvalue weighted by Crippen LogP contribution is -2.66. The number of nitrogens with zero attached hydrogens (tertiary/aromatic N) is 2. The number of hydrogen-bond acceptors (Lipinski definition) is 8. The first-order valence-corrected chi connectivity index (χ1v) is 15.9. The summed E-state index contributed by atoms with van der Waals surface area (Å²) in [6, 6.07) is 13.6. The number of sulfonamides is 1. The van der Waals surface area contributed by atoms with Crippen molar-refractivity contribution >= 4 is 44.6 Å². The number of benzene rings is 2. The largest absolute Gasteiger partial charge is 0.490 e. The van der Waals surface area contributed by atoms with Gasteiger partial charge in [0.2, 0.25) is 15.7 Å². The van der Waals surface area contributed by atoms with Crippen molar-refractivity contribution in [3.05, 3.63) is 83.2 Å². The van der Waals surface area contributed by atoms with Crippen LogP contribution in [0.25, 0.3) is 10.9 Å². The van der Waals surface area contributed by atoms with E-state index in [2.05, 4.69) is 30.5 Å². The van der Waals surface area contributed by atoms with Crippen LogP contribution in [0.4, 0.5) is 19.0 Å². The predicted molar refractivity (Wildman–Crippen MR) is 170 cm³/mol. The standard InChI is InChI=1S/C29H34N6O5S.C2HF3O2/c1-18(10-12-31-25-7-5-6-11-30-25)16-29(28(37)38,33-27(36)22-8-9-24-23(15-22)17-32-34-24)35-41(39,40)26-20(3)13-19(2)14-21(26)4;3-2(4,5)1(6)7/h5-9,11,13-15,17-18,35H,10,12,16H2,1-4H3,(H,30,31)(H,32,34)(H,33,36)(H,37,38);(H,6,7)/t18?,29-;/m0./s1. The van der Waals surface area contributed by atoms with E-state index >= 15 is 0 Å². The van der Waals surface area contributed by atoms with Crippen molar-refractivity contribution in [1.29, 1.82) is 0 Å². The normalized spacial score (nSPS) is 13.5. The summed E-state index contributed by atoms with van der Waals surface area (Å²) in [6.07, 6.45) is -1.62. The topological polar surface area (TPSA) is 203 Å². The lowest BCUT2D eigenvalue weighted by Gasteiger charge is -2.34. The van der Waals surface area contributed by atoms with Crippen LogP contribution >= 0.6 is 0 Å². The average Bonchev–Trinajstić information content (AvgIpc) is 3.44. The van der Waals surface area contributed by atoms with Crippen molar-refractivity contribution in [3.8, 4) is 0 Å². The number of amides is 1. The van der Waals surface area contributed by atoms with Crippen LogP contribution in [-0.2, 0) is 19.6 Å². The first kappa shape index (κ1) is 37.4. The third kappa shape index (κ3) is 9.74. The number of alkyl halides is 3. The maximum Gasteiger partial charge on any atom is 0.490 e. The average molecular weight is 693 g/mol. The molecular formula is C31H35F3N6O7S. The molecule has 0 aliphatic carbocycles. The zero-order valence-corrected chi connectivity index (χ0v) is 27.2. The highest BCUT2D eigenvalue weighted by Gasteiger charge is 2.46. The highest BCUT2D eigenvalue weighted by molar-refractivity contribution is 7.89. The summed E-state index contributed by atoms with van der Waals surface area (Å²) in [5, 5.41) is 30.7. The Bertz CT molecular complexity index is 1860. The number of anilines is 1. The van der Waals surface area contributed by atoms with Gasteiger partial charge in [0.15, 0.2) is 0 Å². The summed E-state index contributed by atoms with van der Waals surface area (Å²) < 4.78 is 61.7. The Kier molecular flexibility index (Phi) is 11.9. The summed E-state index contributed by atoms with van der Waals surface area (Å²) >= 11 is 0. The van der Waals surface area contributed by atoms with Crippen LogP contribution in [0.1, 0.15) is 46.8 Å². The number of aromatic nitrogens is 3. The van der Waals surface area contributed by atoms with E-state index in [-0.39, 0.29) is 22.8 Å². The Morgan fingerprint density at radius 3 is 2.19 bits per heavy atom. The first-order chi connectivity index (χ1) is 22.3. The van der Waals surface area contributed by atoms with E-state index in [1.54, 1.807) is 63.5 Å². The fourth-order valence-corrected chi connectivity index (χ4v) is 6.81. The summed E-state index contributed by atoms with van der Waals surface area (Å²) in [4.78, 5) is 39.5. The van der Waals surface area contributed by atoms with E-state index in [0.29, 0.717) is 40.8 Å². The van der Waals surface area contributed by atoms with Crippen LogP contribution in [-0.4, -0.2) is 70.0 Å². The molecule has 13 nitrogen and oxygen atoms in total. The summed E-state index contributed by atoms with van der Waals surface area (Å²) in [7, 11) is -4.39. The lowest BCUT2D eigenvalue weighted by atomic mass is 9.93. The molecule has 1 amide bonds. The van der Waals surface area contributed by atoms with Gasteiger partial charge in [0.05, 0.1) is 16.6 Å². The van der Waals surface area contributed by atoms with E-state index < -0.39 is 39.7 Å². The molecule has 2 aromatic heterocycles. The van der Waals surface area contributed by atoms with Crippen molar-refractivity contribution in [2.75, 3.05) is 11.9 Å². The highest BCUT2D eigenvalue weighted by Crippen LogP contribution is 2.27. The molecule has 0 saturated heterocycles. The Labute approximate surface area is 274 Å². The summed E-state index contributed by atoms with van der Waals surface area (Å²) in [6.45, 7) is 7.42. The van der Waals surface area contributed by atoms with Crippen LogP contribution < -0.4 is 15.4 Å². The minimum atomic E-state index is -5.08. The smallest absolute Gasteiger partial charge is 0.478 e. The van der Waals surface area contributed by atoms with Gasteiger partial charge in [-0.2, -0.15) is 23.0 Å². The van der Waals surface area contributed by atoms with Gasteiger partial charge in [0, 0.05) is 23.7 Å². The lowest BCUT2D eigenvalue weighted by molar-refractivity contribution is -0.192. The van der Waals surface area contributed by atoms with Crippen LogP contribution in [0.5, 0.6) is 0 Å². The molecule has 48 heavy (non-hydrogen) atoms. The van der Waals surface area contributed by atoms with Gasteiger partial charge in [-0.05, 0) is 81.0 Å². The molecule has 4 aromatic rings. The molecule has 0 aliphatic heterocycles. The number of carboxylic acid groups (broad SMARTS) is 2. The third-order valence-electron chi connectivity index (χ3n) is 7.08. The molecule has 258 valence electrons. The van der Waals surface area contributed by atoms with Crippen LogP contribution in [0, 0.1) is 26.7 Å². The van der Waals surface area contributed by atoms with Crippen molar-refractivity contribution < 1.29 is 46.2 Å². The molecule has 6 N–H and O–H groups in total. The molecule has 0 radical (unpaired) electrons. The number of aromatic amines is 1. The number of aryl methyl sites for hydroxylation is 3. The van der Waals surface area contributed by atoms with E-state index in [1.807, 2.05) is 19.1 Å². The first-order valence-electron chi connectivity index (χ1n) is 14.4. The summed E-state index contributed by atoms with van der Waals surface area (Å²) in [5.74, 6) is -4.69. The SMILES string of the molecule is Cc1cc(C)c(S(=O)(=O)N[C@](CC(C)CCNc2ccccn2)(NC(=O)c2ccc3[nH]ncc3c2)C(=O)O)c(C)c1.O=C(O)C(F)(F)F. The maximum absolute atomic E-state index is 13.8. The Hall–Kier alpha value is -5.03. The molecule has 2 atom stereocenters. The van der Waals surface area contributed by atoms with Crippen LogP contribution in [0.15, 0.2) is 65.8 Å². The molecular weight excluding hydrogens is 657 g/mol. The second kappa shape index (κ2) is 15.2. The van der Waals surface area contributed by atoms with Crippen molar-refractivity contribution in [2.24, 2.45) is 5.92 Å². The number of carbonyl (C=O) groups excluding carboxylic acids is 1. The molecule has 1 unspecified atom stereocenters. The van der Waals surface area contributed by atoms with E-state index in [0.717, 1.165) is 5.56 Å². The van der Waals surface area contributed by atoms with Crippen molar-refractivity contribution in [2.45, 2.75) is 57.3 Å². The van der Waals surface area contributed by atoms with Crippen LogP contribution in [0.3, 0.4) is 0 Å². The van der Waals surface area contributed by atoms with Crippen molar-refractivity contribution in [3.63, 3.8) is 0 Å². The van der Waals surface area contributed by atoms with E-state index in [9.17, 15) is 36.3 Å². The molecule has 4 rings (SSSR count). The fraction of sp³-hybridized carbons (Fsp3) is 0.323. The minimum Gasteiger partial charge on any atom is -0.478 e. The molecule has 0 aliphatic rings. The van der Waals surface area contributed by atoms with Gasteiger partial charge in [-0.1, -0.05) is 30.7 Å². The fourth-order valence-electron chi connectivity index (χ4n) is 5.06. The molecule has 0 spiro atoms.